The second kappa shape index (κ2) is 11.0. The Kier molecular flexibility index (Phi) is 8.32. The van der Waals surface area contributed by atoms with Gasteiger partial charge >= 0.3 is 248 Å². The molecule has 3 aromatic rings. The SMILES string of the molecule is COC(=O)C1=C(C(=O)OC)[Si-](C)(Cl)(Cl)N(c2c(C(C)C)cccc2C(C)C)[P+]1(c1ccccc1)c1ccccc1. The molecule has 40 heavy (non-hydrogen) atoms. The van der Waals surface area contributed by atoms with Crippen LogP contribution in [-0.2, 0) is 19.1 Å². The Balaban J connectivity index is 2.40. The van der Waals surface area contributed by atoms with Crippen LogP contribution in [0.5, 0.6) is 0 Å². The van der Waals surface area contributed by atoms with E-state index in [9.17, 15) is 9.59 Å². The topological polar surface area (TPSA) is 55.8 Å². The first kappa shape index (κ1) is 30.3. The van der Waals surface area contributed by atoms with Crippen molar-refractivity contribution in [3.8, 4) is 0 Å². The van der Waals surface area contributed by atoms with Crippen LogP contribution in [0.1, 0.15) is 50.7 Å². The van der Waals surface area contributed by atoms with Crippen LogP contribution in [0.25, 0.3) is 0 Å². The average Bonchev–Trinajstić information content (AvgIpc) is 3.12. The van der Waals surface area contributed by atoms with Gasteiger partial charge in [0.05, 0.1) is 0 Å². The van der Waals surface area contributed by atoms with E-state index in [-0.39, 0.29) is 22.3 Å². The molecule has 0 saturated carbocycles. The van der Waals surface area contributed by atoms with Gasteiger partial charge in [0.15, 0.2) is 0 Å². The van der Waals surface area contributed by atoms with Crippen LogP contribution in [0, 0.1) is 0 Å². The van der Waals surface area contributed by atoms with E-state index in [1.54, 1.807) is 6.55 Å². The molecule has 4 rings (SSSR count). The second-order valence-electron chi connectivity index (χ2n) is 10.8. The van der Waals surface area contributed by atoms with Crippen LogP contribution in [-0.4, -0.2) is 32.3 Å². The molecule has 0 bridgehead atoms. The number of hydrogen-bond donors (Lipinski definition) is 0. The van der Waals surface area contributed by atoms with Crippen molar-refractivity contribution >= 4 is 63.9 Å². The number of methoxy groups -OCH3 is 2. The maximum atomic E-state index is 14.1. The molecular weight excluding hydrogens is 580 g/mol. The molecule has 1 aliphatic heterocycles. The molecule has 0 saturated heterocycles. The number of anilines is 1. The van der Waals surface area contributed by atoms with Crippen LogP contribution < -0.4 is 14.9 Å². The van der Waals surface area contributed by atoms with Gasteiger partial charge in [-0.1, -0.05) is 0 Å². The van der Waals surface area contributed by atoms with E-state index in [0.717, 1.165) is 27.4 Å². The molecule has 9 heteroatoms. The van der Waals surface area contributed by atoms with Crippen molar-refractivity contribution in [3.05, 3.63) is 101 Å². The molecule has 0 amide bonds. The third kappa shape index (κ3) is 4.59. The fourth-order valence-electron chi connectivity index (χ4n) is 5.81. The number of hydrogen-bond acceptors (Lipinski definition) is 5. The number of carbonyl (C=O) groups excluding carboxylic acids is 2. The zero-order valence-corrected chi connectivity index (χ0v) is 27.3. The first-order valence-electron chi connectivity index (χ1n) is 13.3. The Morgan fingerprint density at radius 2 is 1.15 bits per heavy atom. The van der Waals surface area contributed by atoms with Gasteiger partial charge in [-0.25, -0.2) is 0 Å². The molecular formula is C31H36Cl2NO4PSi. The predicted octanol–water partition coefficient (Wildman–Crippen LogP) is 7.48. The van der Waals surface area contributed by atoms with E-state index in [1.165, 1.54) is 14.2 Å². The number of rotatable bonds is 7. The fraction of sp³-hybridized carbons (Fsp3) is 0.290. The second-order valence-corrected chi connectivity index (χ2v) is 24.2. The average molecular weight is 617 g/mol. The van der Waals surface area contributed by atoms with Gasteiger partial charge in [0, 0.05) is 0 Å². The Morgan fingerprint density at radius 1 is 0.725 bits per heavy atom. The van der Waals surface area contributed by atoms with Crippen LogP contribution in [0.2, 0.25) is 6.55 Å². The summed E-state index contributed by atoms with van der Waals surface area (Å²) >= 11 is 15.6. The molecule has 0 atom stereocenters. The summed E-state index contributed by atoms with van der Waals surface area (Å²) in [7, 11) is -0.673. The van der Waals surface area contributed by atoms with Crippen molar-refractivity contribution in [2.75, 3.05) is 18.6 Å². The van der Waals surface area contributed by atoms with Gasteiger partial charge in [-0.3, -0.25) is 0 Å². The normalized spacial score (nSPS) is 18.4. The van der Waals surface area contributed by atoms with Gasteiger partial charge in [0.2, 0.25) is 0 Å². The Labute approximate surface area is 247 Å². The van der Waals surface area contributed by atoms with E-state index < -0.39 is 25.5 Å². The maximum absolute atomic E-state index is 14.1. The summed E-state index contributed by atoms with van der Waals surface area (Å²) in [5.74, 6) is -1.20. The molecule has 5 nitrogen and oxygen atoms in total. The Bertz CT molecular complexity index is 1400. The van der Waals surface area contributed by atoms with Crippen molar-refractivity contribution in [1.82, 2.24) is 0 Å². The number of ether oxygens (including phenoxy) is 2. The van der Waals surface area contributed by atoms with E-state index in [1.807, 2.05) is 66.7 Å². The number of halogens is 2. The third-order valence-corrected chi connectivity index (χ3v) is 19.6. The minimum atomic E-state index is -4.86. The number of carbonyl (C=O) groups is 2. The summed E-state index contributed by atoms with van der Waals surface area (Å²) in [6.07, 6.45) is -4.86. The first-order chi connectivity index (χ1) is 18.8. The predicted molar refractivity (Wildman–Crippen MR) is 171 cm³/mol. The zero-order valence-electron chi connectivity index (χ0n) is 23.9. The van der Waals surface area contributed by atoms with Crippen molar-refractivity contribution in [3.63, 3.8) is 0 Å². The molecule has 1 aliphatic rings. The molecule has 3 aromatic carbocycles. The van der Waals surface area contributed by atoms with E-state index in [2.05, 4.69) is 44.2 Å². The monoisotopic (exact) mass is 615 g/mol. The molecule has 0 spiro atoms. The fourth-order valence-corrected chi connectivity index (χ4v) is 21.2. The molecule has 1 heterocycles. The van der Waals surface area contributed by atoms with Crippen molar-refractivity contribution < 1.29 is 19.1 Å². The van der Waals surface area contributed by atoms with Crippen molar-refractivity contribution in [2.24, 2.45) is 0 Å². The molecule has 0 N–H and O–H groups in total. The van der Waals surface area contributed by atoms with Gasteiger partial charge in [-0.15, -0.1) is 0 Å². The van der Waals surface area contributed by atoms with Gasteiger partial charge in [0.25, 0.3) is 0 Å². The molecule has 0 radical (unpaired) electrons. The summed E-state index contributed by atoms with van der Waals surface area (Å²) in [5.41, 5.74) is 2.91. The molecule has 0 unspecified atom stereocenters. The quantitative estimate of drug-likeness (QED) is 0.119. The van der Waals surface area contributed by atoms with Crippen LogP contribution in [0.15, 0.2) is 89.4 Å². The number of nitrogens with zero attached hydrogens (tertiary/aromatic N) is 1. The van der Waals surface area contributed by atoms with Gasteiger partial charge in [-0.05, 0) is 0 Å². The zero-order chi connectivity index (χ0) is 29.5. The van der Waals surface area contributed by atoms with Crippen molar-refractivity contribution in [1.29, 1.82) is 0 Å². The Morgan fingerprint density at radius 3 is 1.52 bits per heavy atom. The third-order valence-electron chi connectivity index (χ3n) is 7.47. The number of para-hydroxylation sites is 1. The van der Waals surface area contributed by atoms with Gasteiger partial charge in [-0.2, -0.15) is 0 Å². The van der Waals surface area contributed by atoms with E-state index in [4.69, 9.17) is 31.6 Å². The van der Waals surface area contributed by atoms with Gasteiger partial charge < -0.3 is 0 Å². The summed E-state index contributed by atoms with van der Waals surface area (Å²) in [4.78, 5) is 27.9. The molecule has 0 aliphatic carbocycles. The van der Waals surface area contributed by atoms with Crippen LogP contribution in [0.3, 0.4) is 0 Å². The van der Waals surface area contributed by atoms with Crippen LogP contribution in [0.4, 0.5) is 5.69 Å². The van der Waals surface area contributed by atoms with E-state index in [0.29, 0.717) is 0 Å². The minimum absolute atomic E-state index is 0.00647. The van der Waals surface area contributed by atoms with Crippen LogP contribution >= 0.6 is 29.6 Å². The molecule has 0 fully saturated rings. The van der Waals surface area contributed by atoms with Gasteiger partial charge in [0.1, 0.15) is 0 Å². The van der Waals surface area contributed by atoms with Crippen molar-refractivity contribution in [2.45, 2.75) is 46.1 Å². The summed E-state index contributed by atoms with van der Waals surface area (Å²) in [6, 6.07) is 25.7. The molecule has 212 valence electrons. The Hall–Kier alpha value is -2.63. The summed E-state index contributed by atoms with van der Waals surface area (Å²) < 4.78 is 12.9. The summed E-state index contributed by atoms with van der Waals surface area (Å²) in [5, 5.41) is 1.84. The summed E-state index contributed by atoms with van der Waals surface area (Å²) in [6.45, 7) is 10.2. The standard InChI is InChI=1S/C31H36Cl2NO4PSi/c1-21(2)25-19-14-20-26(22(3)4)27(25)34-39(23-15-10-8-11-16-23,24-17-12-9-13-18-24)28(30(35)37-5)29(31(36)38-6)40(34,7,32)33/h8-22H,1-7H3. The number of benzene rings is 3. The molecule has 0 aromatic heterocycles. The first-order valence-corrected chi connectivity index (χ1v) is 20.0. The number of esters is 2. The van der Waals surface area contributed by atoms with E-state index >= 15 is 0 Å².